The Kier molecular flexibility index (Phi) is 4.42. The molecule has 74 valence electrons. The number of methoxy groups -OCH3 is 1. The second-order valence-electron chi connectivity index (χ2n) is 2.74. The molecule has 0 radical (unpaired) electrons. The third-order valence-corrected chi connectivity index (χ3v) is 1.62. The van der Waals surface area contributed by atoms with Crippen LogP contribution in [0.3, 0.4) is 0 Å². The maximum atomic E-state index is 5.34. The Bertz CT molecular complexity index is 237. The van der Waals surface area contributed by atoms with E-state index in [9.17, 15) is 0 Å². The molecule has 0 spiro atoms. The Morgan fingerprint density at radius 3 is 3.00 bits per heavy atom. The highest BCUT2D eigenvalue weighted by atomic mass is 16.5. The first kappa shape index (κ1) is 10.1. The van der Waals surface area contributed by atoms with E-state index < -0.39 is 0 Å². The molecule has 0 aliphatic heterocycles. The van der Waals surface area contributed by atoms with Crippen LogP contribution in [-0.2, 0) is 17.6 Å². The number of ether oxygens (including phenoxy) is 1. The summed E-state index contributed by atoms with van der Waals surface area (Å²) in [5, 5.41) is 3.81. The average Bonchev–Trinajstić information content (AvgIpc) is 2.54. The lowest BCUT2D eigenvalue weighted by atomic mass is 10.3. The normalized spacial score (nSPS) is 10.6. The van der Waals surface area contributed by atoms with Gasteiger partial charge >= 0.3 is 0 Å². The molecular weight excluding hydrogens is 170 g/mol. The molecule has 1 aromatic heterocycles. The summed E-state index contributed by atoms with van der Waals surface area (Å²) in [6.45, 7) is 1.26. The van der Waals surface area contributed by atoms with Crippen LogP contribution < -0.4 is 5.73 Å². The summed E-state index contributed by atoms with van der Waals surface area (Å²) in [7, 11) is 1.68. The van der Waals surface area contributed by atoms with Crippen LogP contribution >= 0.6 is 0 Å². The highest BCUT2D eigenvalue weighted by Crippen LogP contribution is 2.00. The molecule has 1 heterocycles. The molecule has 0 bridgehead atoms. The van der Waals surface area contributed by atoms with Gasteiger partial charge in [0.1, 0.15) is 0 Å². The molecule has 0 aromatic carbocycles. The predicted molar refractivity (Wildman–Crippen MR) is 47.3 cm³/mol. The standard InChI is InChI=1S/C8H15N3O2/c1-12-6-2-3-7-10-8(4-5-9)13-11-7/h2-6,9H2,1H3. The number of hydrogen-bond donors (Lipinski definition) is 1. The van der Waals surface area contributed by atoms with Gasteiger partial charge in [-0.3, -0.25) is 0 Å². The van der Waals surface area contributed by atoms with Crippen LogP contribution in [0.15, 0.2) is 4.52 Å². The number of rotatable bonds is 6. The predicted octanol–water partition coefficient (Wildman–Crippen LogP) is 0.150. The van der Waals surface area contributed by atoms with Gasteiger partial charge in [0.05, 0.1) is 0 Å². The molecule has 2 N–H and O–H groups in total. The molecule has 13 heavy (non-hydrogen) atoms. The van der Waals surface area contributed by atoms with Crippen LogP contribution in [0.5, 0.6) is 0 Å². The van der Waals surface area contributed by atoms with E-state index in [-0.39, 0.29) is 0 Å². The van der Waals surface area contributed by atoms with Crippen molar-refractivity contribution in [3.8, 4) is 0 Å². The maximum absolute atomic E-state index is 5.34. The zero-order valence-electron chi connectivity index (χ0n) is 7.82. The SMILES string of the molecule is COCCCc1noc(CCN)n1. The lowest BCUT2D eigenvalue weighted by Crippen LogP contribution is -2.03. The van der Waals surface area contributed by atoms with Crippen molar-refractivity contribution in [2.24, 2.45) is 5.73 Å². The van der Waals surface area contributed by atoms with Gasteiger partial charge in [-0.1, -0.05) is 5.16 Å². The molecule has 1 rings (SSSR count). The van der Waals surface area contributed by atoms with E-state index in [4.69, 9.17) is 15.0 Å². The van der Waals surface area contributed by atoms with Crippen molar-refractivity contribution in [3.63, 3.8) is 0 Å². The topological polar surface area (TPSA) is 74.2 Å². The van der Waals surface area contributed by atoms with Crippen molar-refractivity contribution in [1.29, 1.82) is 0 Å². The first-order valence-corrected chi connectivity index (χ1v) is 4.37. The minimum absolute atomic E-state index is 0.541. The second kappa shape index (κ2) is 5.66. The van der Waals surface area contributed by atoms with Crippen molar-refractivity contribution in [2.45, 2.75) is 19.3 Å². The largest absolute Gasteiger partial charge is 0.385 e. The third kappa shape index (κ3) is 3.52. The molecule has 1 aromatic rings. The third-order valence-electron chi connectivity index (χ3n) is 1.62. The molecule has 0 atom stereocenters. The Balaban J connectivity index is 2.31. The van der Waals surface area contributed by atoms with Crippen LogP contribution in [0.2, 0.25) is 0 Å². The van der Waals surface area contributed by atoms with Crippen molar-refractivity contribution >= 4 is 0 Å². The number of nitrogens with zero attached hydrogens (tertiary/aromatic N) is 2. The first-order chi connectivity index (χ1) is 6.36. The summed E-state index contributed by atoms with van der Waals surface area (Å²) in [4.78, 5) is 4.16. The van der Waals surface area contributed by atoms with Gasteiger partial charge in [-0.2, -0.15) is 4.98 Å². The van der Waals surface area contributed by atoms with E-state index in [0.29, 0.717) is 18.9 Å². The zero-order valence-corrected chi connectivity index (χ0v) is 7.82. The Hall–Kier alpha value is -0.940. The number of aromatic nitrogens is 2. The molecule has 0 unspecified atom stereocenters. The molecule has 0 saturated heterocycles. The van der Waals surface area contributed by atoms with Crippen LogP contribution in [0.1, 0.15) is 18.1 Å². The van der Waals surface area contributed by atoms with Crippen molar-refractivity contribution in [3.05, 3.63) is 11.7 Å². The summed E-state index contributed by atoms with van der Waals surface area (Å²) in [5.41, 5.74) is 5.34. The summed E-state index contributed by atoms with van der Waals surface area (Å²) in [6, 6.07) is 0. The zero-order chi connectivity index (χ0) is 9.52. The fourth-order valence-corrected chi connectivity index (χ4v) is 0.991. The van der Waals surface area contributed by atoms with Gasteiger partial charge in [-0.05, 0) is 6.42 Å². The summed E-state index contributed by atoms with van der Waals surface area (Å²) >= 11 is 0. The lowest BCUT2D eigenvalue weighted by molar-refractivity contribution is 0.194. The molecule has 0 aliphatic rings. The maximum Gasteiger partial charge on any atom is 0.227 e. The van der Waals surface area contributed by atoms with E-state index in [1.165, 1.54) is 0 Å². The monoisotopic (exact) mass is 185 g/mol. The fourth-order valence-electron chi connectivity index (χ4n) is 0.991. The van der Waals surface area contributed by atoms with Crippen LogP contribution in [0.4, 0.5) is 0 Å². The average molecular weight is 185 g/mol. The van der Waals surface area contributed by atoms with E-state index in [1.807, 2.05) is 0 Å². The number of aryl methyl sites for hydroxylation is 1. The number of nitrogens with two attached hydrogens (primary N) is 1. The fraction of sp³-hybridized carbons (Fsp3) is 0.750. The van der Waals surface area contributed by atoms with Crippen molar-refractivity contribution in [2.75, 3.05) is 20.3 Å². The molecule has 0 aliphatic carbocycles. The summed E-state index contributed by atoms with van der Waals surface area (Å²) in [5.74, 6) is 1.36. The minimum Gasteiger partial charge on any atom is -0.385 e. The van der Waals surface area contributed by atoms with Gasteiger partial charge in [0.15, 0.2) is 5.82 Å². The van der Waals surface area contributed by atoms with E-state index in [1.54, 1.807) is 7.11 Å². The van der Waals surface area contributed by atoms with Gasteiger partial charge in [-0.25, -0.2) is 0 Å². The smallest absolute Gasteiger partial charge is 0.227 e. The van der Waals surface area contributed by atoms with E-state index in [2.05, 4.69) is 10.1 Å². The van der Waals surface area contributed by atoms with Crippen LogP contribution in [0.25, 0.3) is 0 Å². The first-order valence-electron chi connectivity index (χ1n) is 4.37. The molecule has 0 amide bonds. The summed E-state index contributed by atoms with van der Waals surface area (Å²) in [6.07, 6.45) is 2.36. The van der Waals surface area contributed by atoms with Gasteiger partial charge in [-0.15, -0.1) is 0 Å². The van der Waals surface area contributed by atoms with E-state index >= 15 is 0 Å². The molecule has 0 fully saturated rings. The quantitative estimate of drug-likeness (QED) is 0.638. The highest BCUT2D eigenvalue weighted by molar-refractivity contribution is 4.86. The Morgan fingerprint density at radius 2 is 2.31 bits per heavy atom. The molecule has 0 saturated carbocycles. The van der Waals surface area contributed by atoms with Gasteiger partial charge in [0.2, 0.25) is 5.89 Å². The lowest BCUT2D eigenvalue weighted by Gasteiger charge is -1.93. The Labute approximate surface area is 77.3 Å². The minimum atomic E-state index is 0.541. The molecular formula is C8H15N3O2. The van der Waals surface area contributed by atoms with Crippen LogP contribution in [0, 0.1) is 0 Å². The van der Waals surface area contributed by atoms with Gasteiger partial charge in [0, 0.05) is 33.1 Å². The van der Waals surface area contributed by atoms with E-state index in [0.717, 1.165) is 25.3 Å². The number of hydrogen-bond acceptors (Lipinski definition) is 5. The summed E-state index contributed by atoms with van der Waals surface area (Å²) < 4.78 is 9.87. The second-order valence-corrected chi connectivity index (χ2v) is 2.74. The van der Waals surface area contributed by atoms with Gasteiger partial charge in [0.25, 0.3) is 0 Å². The van der Waals surface area contributed by atoms with Crippen LogP contribution in [-0.4, -0.2) is 30.4 Å². The Morgan fingerprint density at radius 1 is 1.46 bits per heavy atom. The van der Waals surface area contributed by atoms with Gasteiger partial charge < -0.3 is 15.0 Å². The van der Waals surface area contributed by atoms with Crippen molar-refractivity contribution < 1.29 is 9.26 Å². The molecule has 5 heteroatoms. The highest BCUT2D eigenvalue weighted by Gasteiger charge is 2.04. The molecule has 5 nitrogen and oxygen atoms in total. The van der Waals surface area contributed by atoms with Crippen molar-refractivity contribution in [1.82, 2.24) is 10.1 Å².